The number of hydrogen-bond acceptors (Lipinski definition) is 8. The number of nitrogens with zero attached hydrogens (tertiary/aromatic N) is 6. The maximum absolute atomic E-state index is 5.81. The third-order valence-corrected chi connectivity index (χ3v) is 5.73. The maximum atomic E-state index is 5.81. The molecule has 0 atom stereocenters. The van der Waals surface area contributed by atoms with Gasteiger partial charge in [0.2, 0.25) is 0 Å². The van der Waals surface area contributed by atoms with E-state index in [2.05, 4.69) is 38.6 Å². The van der Waals surface area contributed by atoms with Crippen LogP contribution >= 0.6 is 0 Å². The van der Waals surface area contributed by atoms with Crippen molar-refractivity contribution in [3.05, 3.63) is 55.0 Å². The molecule has 4 heterocycles. The number of imidazole rings is 1. The summed E-state index contributed by atoms with van der Waals surface area (Å²) in [7, 11) is 0. The molecule has 176 valence electrons. The highest BCUT2D eigenvalue weighted by Crippen LogP contribution is 2.26. The van der Waals surface area contributed by atoms with E-state index in [-0.39, 0.29) is 6.04 Å². The van der Waals surface area contributed by atoms with Gasteiger partial charge in [0.15, 0.2) is 17.3 Å². The van der Waals surface area contributed by atoms with E-state index in [0.717, 1.165) is 54.6 Å². The summed E-state index contributed by atoms with van der Waals surface area (Å²) in [6.45, 7) is 8.47. The maximum Gasteiger partial charge on any atom is 0.166 e. The zero-order chi connectivity index (χ0) is 23.3. The fraction of sp³-hybridized carbons (Fsp3) is 0.360. The minimum atomic E-state index is 0.226. The van der Waals surface area contributed by atoms with Crippen LogP contribution in [0, 0.1) is 0 Å². The SMILES string of the molecule is CC(C)n1cnc2c(NCCOc3ccccc3)nc(-c3ccc(N4CCOCC4)nc3)nc21. The van der Waals surface area contributed by atoms with Gasteiger partial charge in [0.05, 0.1) is 26.1 Å². The van der Waals surface area contributed by atoms with Crippen LogP contribution in [-0.2, 0) is 4.74 Å². The topological polar surface area (TPSA) is 90.2 Å². The second-order valence-electron chi connectivity index (χ2n) is 8.41. The van der Waals surface area contributed by atoms with Gasteiger partial charge >= 0.3 is 0 Å². The third kappa shape index (κ3) is 4.79. The standard InChI is InChI=1S/C25H29N7O2/c1-18(2)32-17-28-22-24(26-10-13-34-20-6-4-3-5-7-20)29-23(30-25(22)32)19-8-9-21(27-16-19)31-11-14-33-15-12-31/h3-9,16-18H,10-15H2,1-2H3,(H,26,29,30). The van der Waals surface area contributed by atoms with Crippen molar-refractivity contribution in [3.8, 4) is 17.1 Å². The minimum Gasteiger partial charge on any atom is -0.492 e. The molecule has 1 fully saturated rings. The van der Waals surface area contributed by atoms with Gasteiger partial charge in [-0.1, -0.05) is 18.2 Å². The number of pyridine rings is 1. The van der Waals surface area contributed by atoms with Crippen molar-refractivity contribution in [2.75, 3.05) is 49.7 Å². The molecule has 1 aliphatic heterocycles. The molecule has 9 heteroatoms. The minimum absolute atomic E-state index is 0.226. The van der Waals surface area contributed by atoms with Crippen molar-refractivity contribution >= 4 is 22.8 Å². The van der Waals surface area contributed by atoms with E-state index in [9.17, 15) is 0 Å². The van der Waals surface area contributed by atoms with E-state index in [1.165, 1.54) is 0 Å². The quantitative estimate of drug-likeness (QED) is 0.398. The first kappa shape index (κ1) is 22.1. The van der Waals surface area contributed by atoms with Gasteiger partial charge in [0.25, 0.3) is 0 Å². The fourth-order valence-corrected chi connectivity index (χ4v) is 3.90. The van der Waals surface area contributed by atoms with E-state index in [1.54, 1.807) is 0 Å². The van der Waals surface area contributed by atoms with Gasteiger partial charge in [-0.15, -0.1) is 0 Å². The van der Waals surface area contributed by atoms with Crippen molar-refractivity contribution in [3.63, 3.8) is 0 Å². The van der Waals surface area contributed by atoms with Crippen LogP contribution in [0.4, 0.5) is 11.6 Å². The lowest BCUT2D eigenvalue weighted by Crippen LogP contribution is -2.36. The van der Waals surface area contributed by atoms with Crippen LogP contribution < -0.4 is 15.0 Å². The van der Waals surface area contributed by atoms with Gasteiger partial charge < -0.3 is 24.3 Å². The second kappa shape index (κ2) is 10.0. The lowest BCUT2D eigenvalue weighted by Gasteiger charge is -2.27. The highest BCUT2D eigenvalue weighted by molar-refractivity contribution is 5.85. The predicted octanol–water partition coefficient (Wildman–Crippen LogP) is 3.80. The molecule has 0 unspecified atom stereocenters. The van der Waals surface area contributed by atoms with E-state index in [4.69, 9.17) is 19.4 Å². The summed E-state index contributed by atoms with van der Waals surface area (Å²) in [5, 5.41) is 3.39. The van der Waals surface area contributed by atoms with E-state index >= 15 is 0 Å². The molecule has 1 aliphatic rings. The zero-order valence-electron chi connectivity index (χ0n) is 19.5. The number of benzene rings is 1. The summed E-state index contributed by atoms with van der Waals surface area (Å²) in [6, 6.07) is 14.0. The summed E-state index contributed by atoms with van der Waals surface area (Å²) in [4.78, 5) is 21.1. The third-order valence-electron chi connectivity index (χ3n) is 5.73. The number of anilines is 2. The number of rotatable bonds is 8. The molecular weight excluding hydrogens is 430 g/mol. The molecule has 0 amide bonds. The second-order valence-corrected chi connectivity index (χ2v) is 8.41. The van der Waals surface area contributed by atoms with Gasteiger partial charge in [0, 0.05) is 30.9 Å². The van der Waals surface area contributed by atoms with Crippen LogP contribution in [0.25, 0.3) is 22.6 Å². The number of hydrogen-bond donors (Lipinski definition) is 1. The summed E-state index contributed by atoms with van der Waals surface area (Å²) in [6.07, 6.45) is 3.66. The van der Waals surface area contributed by atoms with E-state index in [1.807, 2.05) is 55.0 Å². The first-order chi connectivity index (χ1) is 16.7. The molecule has 0 aliphatic carbocycles. The first-order valence-electron chi connectivity index (χ1n) is 11.6. The average Bonchev–Trinajstić information content (AvgIpc) is 3.32. The Morgan fingerprint density at radius 2 is 1.85 bits per heavy atom. The number of nitrogens with one attached hydrogen (secondary N) is 1. The fourth-order valence-electron chi connectivity index (χ4n) is 3.90. The van der Waals surface area contributed by atoms with Crippen LogP contribution in [0.3, 0.4) is 0 Å². The Bertz CT molecular complexity index is 1220. The largest absolute Gasteiger partial charge is 0.492 e. The van der Waals surface area contributed by atoms with Gasteiger partial charge in [-0.2, -0.15) is 0 Å². The van der Waals surface area contributed by atoms with Crippen molar-refractivity contribution in [1.29, 1.82) is 0 Å². The molecule has 0 bridgehead atoms. The summed E-state index contributed by atoms with van der Waals surface area (Å²) in [5.74, 6) is 3.08. The molecule has 3 aromatic heterocycles. The number of aromatic nitrogens is 5. The van der Waals surface area contributed by atoms with Crippen LogP contribution in [0.15, 0.2) is 55.0 Å². The Balaban J connectivity index is 1.39. The van der Waals surface area contributed by atoms with Crippen LogP contribution in [0.2, 0.25) is 0 Å². The Kier molecular flexibility index (Phi) is 6.53. The lowest BCUT2D eigenvalue weighted by atomic mass is 10.2. The smallest absolute Gasteiger partial charge is 0.166 e. The van der Waals surface area contributed by atoms with Crippen LogP contribution in [-0.4, -0.2) is 64.0 Å². The Morgan fingerprint density at radius 3 is 2.59 bits per heavy atom. The van der Waals surface area contributed by atoms with Crippen molar-refractivity contribution < 1.29 is 9.47 Å². The molecular formula is C25H29N7O2. The lowest BCUT2D eigenvalue weighted by molar-refractivity contribution is 0.122. The van der Waals surface area contributed by atoms with Gasteiger partial charge in [0.1, 0.15) is 23.7 Å². The van der Waals surface area contributed by atoms with E-state index in [0.29, 0.717) is 24.8 Å². The first-order valence-corrected chi connectivity index (χ1v) is 11.6. The molecule has 5 rings (SSSR count). The molecule has 1 N–H and O–H groups in total. The Hall–Kier alpha value is -3.72. The molecule has 4 aromatic rings. The van der Waals surface area contributed by atoms with Gasteiger partial charge in [-0.3, -0.25) is 0 Å². The predicted molar refractivity (Wildman–Crippen MR) is 132 cm³/mol. The number of fused-ring (bicyclic) bond motifs is 1. The van der Waals surface area contributed by atoms with Gasteiger partial charge in [-0.05, 0) is 38.1 Å². The summed E-state index contributed by atoms with van der Waals surface area (Å²) < 4.78 is 13.3. The van der Waals surface area contributed by atoms with Crippen LogP contribution in [0.5, 0.6) is 5.75 Å². The highest BCUT2D eigenvalue weighted by atomic mass is 16.5. The molecule has 1 saturated heterocycles. The zero-order valence-corrected chi connectivity index (χ0v) is 19.5. The molecule has 1 aromatic carbocycles. The normalized spacial score (nSPS) is 14.0. The molecule has 0 spiro atoms. The Morgan fingerprint density at radius 1 is 1.03 bits per heavy atom. The molecule has 9 nitrogen and oxygen atoms in total. The molecule has 0 radical (unpaired) electrons. The summed E-state index contributed by atoms with van der Waals surface area (Å²) >= 11 is 0. The van der Waals surface area contributed by atoms with Gasteiger partial charge in [-0.25, -0.2) is 19.9 Å². The average molecular weight is 460 g/mol. The molecule has 34 heavy (non-hydrogen) atoms. The van der Waals surface area contributed by atoms with E-state index < -0.39 is 0 Å². The molecule has 0 saturated carbocycles. The Labute approximate surface area is 198 Å². The van der Waals surface area contributed by atoms with Crippen LogP contribution in [0.1, 0.15) is 19.9 Å². The number of para-hydroxylation sites is 1. The van der Waals surface area contributed by atoms with Crippen molar-refractivity contribution in [2.45, 2.75) is 19.9 Å². The number of ether oxygens (including phenoxy) is 2. The monoisotopic (exact) mass is 459 g/mol. The highest BCUT2D eigenvalue weighted by Gasteiger charge is 2.17. The summed E-state index contributed by atoms with van der Waals surface area (Å²) in [5.41, 5.74) is 2.40. The van der Waals surface area contributed by atoms with Crippen molar-refractivity contribution in [2.24, 2.45) is 0 Å². The van der Waals surface area contributed by atoms with Crippen molar-refractivity contribution in [1.82, 2.24) is 24.5 Å². The number of morpholine rings is 1.